The summed E-state index contributed by atoms with van der Waals surface area (Å²) in [4.78, 5) is 13.0. The molecule has 0 radical (unpaired) electrons. The molecular weight excluding hydrogens is 347 g/mol. The van der Waals surface area contributed by atoms with Gasteiger partial charge in [-0.05, 0) is 31.2 Å². The van der Waals surface area contributed by atoms with Crippen LogP contribution < -0.4 is 5.32 Å². The van der Waals surface area contributed by atoms with Crippen LogP contribution in [0, 0.1) is 0 Å². The molecular formula is C14H18F3N3O3S. The second kappa shape index (κ2) is 6.98. The first kappa shape index (κ1) is 18.5. The summed E-state index contributed by atoms with van der Waals surface area (Å²) < 4.78 is 63.8. The number of nitrogens with one attached hydrogen (secondary N) is 1. The minimum absolute atomic E-state index is 0.0977. The Kier molecular flexibility index (Phi) is 5.38. The minimum Gasteiger partial charge on any atom is -0.338 e. The number of hydrogen-bond acceptors (Lipinski definition) is 3. The van der Waals surface area contributed by atoms with Gasteiger partial charge in [0.1, 0.15) is 0 Å². The zero-order valence-electron chi connectivity index (χ0n) is 13.0. The molecule has 0 spiro atoms. The number of piperazine rings is 1. The second-order valence-electron chi connectivity index (χ2n) is 5.25. The van der Waals surface area contributed by atoms with Crippen LogP contribution >= 0.6 is 0 Å². The van der Waals surface area contributed by atoms with E-state index >= 15 is 0 Å². The third kappa shape index (κ3) is 3.99. The molecule has 0 saturated carbocycles. The Bertz CT molecular complexity index is 681. The molecule has 0 atom stereocenters. The molecule has 1 aliphatic rings. The van der Waals surface area contributed by atoms with E-state index in [0.29, 0.717) is 6.54 Å². The summed E-state index contributed by atoms with van der Waals surface area (Å²) >= 11 is 0. The zero-order chi connectivity index (χ0) is 18.0. The summed E-state index contributed by atoms with van der Waals surface area (Å²) in [5.74, 6) is 0. The smallest absolute Gasteiger partial charge is 0.338 e. The predicted molar refractivity (Wildman–Crippen MR) is 80.8 cm³/mol. The third-order valence-corrected chi connectivity index (χ3v) is 5.59. The average Bonchev–Trinajstić information content (AvgIpc) is 2.54. The summed E-state index contributed by atoms with van der Waals surface area (Å²) in [6, 6.07) is 3.14. The maximum atomic E-state index is 12.5. The van der Waals surface area contributed by atoms with Gasteiger partial charge in [-0.15, -0.1) is 0 Å². The largest absolute Gasteiger partial charge is 0.416 e. The molecule has 1 heterocycles. The van der Waals surface area contributed by atoms with Crippen LogP contribution in [0.1, 0.15) is 12.5 Å². The Morgan fingerprint density at radius 3 is 2.12 bits per heavy atom. The standard InChI is InChI=1S/C14H18F3N3O3S/c1-2-18-13(21)19-7-9-20(10-8-19)24(22,23)12-5-3-11(4-6-12)14(15,16)17/h3-6H,2,7-10H2,1H3,(H,18,21). The molecule has 6 nitrogen and oxygen atoms in total. The van der Waals surface area contributed by atoms with Gasteiger partial charge in [0.05, 0.1) is 10.5 Å². The van der Waals surface area contributed by atoms with Crippen LogP contribution in [0.15, 0.2) is 29.2 Å². The number of urea groups is 1. The molecule has 1 fully saturated rings. The van der Waals surface area contributed by atoms with Crippen LogP contribution in [0.4, 0.5) is 18.0 Å². The maximum absolute atomic E-state index is 12.5. The van der Waals surface area contributed by atoms with Crippen molar-refractivity contribution >= 4 is 16.1 Å². The van der Waals surface area contributed by atoms with E-state index in [9.17, 15) is 26.4 Å². The van der Waals surface area contributed by atoms with Gasteiger partial charge in [0.2, 0.25) is 10.0 Å². The number of carbonyl (C=O) groups is 1. The summed E-state index contributed by atoms with van der Waals surface area (Å²) in [7, 11) is -3.88. The highest BCUT2D eigenvalue weighted by Crippen LogP contribution is 2.30. The zero-order valence-corrected chi connectivity index (χ0v) is 13.8. The van der Waals surface area contributed by atoms with Crippen molar-refractivity contribution in [2.45, 2.75) is 18.0 Å². The number of hydrogen-bond donors (Lipinski definition) is 1. The van der Waals surface area contributed by atoms with Gasteiger partial charge in [-0.2, -0.15) is 17.5 Å². The molecule has 24 heavy (non-hydrogen) atoms. The average molecular weight is 365 g/mol. The first-order chi connectivity index (χ1) is 11.2. The molecule has 1 aliphatic heterocycles. The van der Waals surface area contributed by atoms with Crippen molar-refractivity contribution in [1.82, 2.24) is 14.5 Å². The third-order valence-electron chi connectivity index (χ3n) is 3.67. The van der Waals surface area contributed by atoms with Gasteiger partial charge in [0.15, 0.2) is 0 Å². The number of halogens is 3. The lowest BCUT2D eigenvalue weighted by Crippen LogP contribution is -2.53. The van der Waals surface area contributed by atoms with Crippen LogP contribution in [0.25, 0.3) is 0 Å². The summed E-state index contributed by atoms with van der Waals surface area (Å²) in [5.41, 5.74) is -0.900. The van der Waals surface area contributed by atoms with Gasteiger partial charge < -0.3 is 10.2 Å². The van der Waals surface area contributed by atoms with Crippen LogP contribution in [0.3, 0.4) is 0 Å². The van der Waals surface area contributed by atoms with Crippen LogP contribution in [-0.4, -0.2) is 56.4 Å². The van der Waals surface area contributed by atoms with E-state index in [2.05, 4.69) is 5.32 Å². The SMILES string of the molecule is CCNC(=O)N1CCN(S(=O)(=O)c2ccc(C(F)(F)F)cc2)CC1. The molecule has 0 aromatic heterocycles. The Labute approximate surface area is 138 Å². The Morgan fingerprint density at radius 2 is 1.67 bits per heavy atom. The van der Waals surface area contributed by atoms with E-state index in [1.165, 1.54) is 9.21 Å². The fraction of sp³-hybridized carbons (Fsp3) is 0.500. The number of amides is 2. The fourth-order valence-corrected chi connectivity index (χ4v) is 3.78. The summed E-state index contributed by atoms with van der Waals surface area (Å²) in [6.45, 7) is 2.91. The first-order valence-electron chi connectivity index (χ1n) is 7.36. The molecule has 2 amide bonds. The molecule has 0 aliphatic carbocycles. The molecule has 134 valence electrons. The topological polar surface area (TPSA) is 69.7 Å². The molecule has 1 N–H and O–H groups in total. The van der Waals surface area contributed by atoms with E-state index in [1.54, 1.807) is 6.92 Å². The predicted octanol–water partition coefficient (Wildman–Crippen LogP) is 1.74. The highest BCUT2D eigenvalue weighted by molar-refractivity contribution is 7.89. The number of alkyl halides is 3. The molecule has 2 rings (SSSR count). The van der Waals surface area contributed by atoms with Crippen molar-refractivity contribution in [1.29, 1.82) is 0 Å². The number of benzene rings is 1. The van der Waals surface area contributed by atoms with E-state index in [0.717, 1.165) is 24.3 Å². The van der Waals surface area contributed by atoms with Gasteiger partial charge in [0, 0.05) is 32.7 Å². The van der Waals surface area contributed by atoms with Gasteiger partial charge in [-0.3, -0.25) is 0 Å². The second-order valence-corrected chi connectivity index (χ2v) is 7.19. The number of carbonyl (C=O) groups excluding carboxylic acids is 1. The molecule has 1 saturated heterocycles. The van der Waals surface area contributed by atoms with Crippen molar-refractivity contribution in [2.24, 2.45) is 0 Å². The van der Waals surface area contributed by atoms with Crippen molar-refractivity contribution < 1.29 is 26.4 Å². The monoisotopic (exact) mass is 365 g/mol. The quantitative estimate of drug-likeness (QED) is 0.887. The number of nitrogens with zero attached hydrogens (tertiary/aromatic N) is 2. The molecule has 10 heteroatoms. The molecule has 1 aromatic carbocycles. The van der Waals surface area contributed by atoms with Crippen LogP contribution in [0.5, 0.6) is 0 Å². The van der Waals surface area contributed by atoms with E-state index < -0.39 is 21.8 Å². The first-order valence-corrected chi connectivity index (χ1v) is 8.80. The van der Waals surface area contributed by atoms with Gasteiger partial charge >= 0.3 is 12.2 Å². The summed E-state index contributed by atoms with van der Waals surface area (Å²) in [5, 5.41) is 2.63. The van der Waals surface area contributed by atoms with E-state index in [-0.39, 0.29) is 37.1 Å². The highest BCUT2D eigenvalue weighted by atomic mass is 32.2. The molecule has 0 bridgehead atoms. The van der Waals surface area contributed by atoms with Crippen molar-refractivity contribution in [3.8, 4) is 0 Å². The minimum atomic E-state index is -4.51. The lowest BCUT2D eigenvalue weighted by atomic mass is 10.2. The van der Waals surface area contributed by atoms with Crippen molar-refractivity contribution in [2.75, 3.05) is 32.7 Å². The van der Waals surface area contributed by atoms with E-state index in [4.69, 9.17) is 0 Å². The van der Waals surface area contributed by atoms with Crippen molar-refractivity contribution in [3.63, 3.8) is 0 Å². The van der Waals surface area contributed by atoms with Gasteiger partial charge in [0.25, 0.3) is 0 Å². The number of rotatable bonds is 3. The van der Waals surface area contributed by atoms with Gasteiger partial charge in [-0.25, -0.2) is 13.2 Å². The van der Waals surface area contributed by atoms with E-state index in [1.807, 2.05) is 0 Å². The Hall–Kier alpha value is -1.81. The lowest BCUT2D eigenvalue weighted by molar-refractivity contribution is -0.137. The van der Waals surface area contributed by atoms with Crippen LogP contribution in [-0.2, 0) is 16.2 Å². The Morgan fingerprint density at radius 1 is 1.12 bits per heavy atom. The Balaban J connectivity index is 2.08. The fourth-order valence-electron chi connectivity index (χ4n) is 2.36. The molecule has 0 unspecified atom stereocenters. The highest BCUT2D eigenvalue weighted by Gasteiger charge is 2.33. The van der Waals surface area contributed by atoms with Gasteiger partial charge in [-0.1, -0.05) is 0 Å². The number of sulfonamides is 1. The molecule has 1 aromatic rings. The normalized spacial score (nSPS) is 16.9. The van der Waals surface area contributed by atoms with Crippen LogP contribution in [0.2, 0.25) is 0 Å². The lowest BCUT2D eigenvalue weighted by Gasteiger charge is -2.33. The van der Waals surface area contributed by atoms with Crippen molar-refractivity contribution in [3.05, 3.63) is 29.8 Å². The maximum Gasteiger partial charge on any atom is 0.416 e. The summed E-state index contributed by atoms with van der Waals surface area (Å²) in [6.07, 6.45) is -4.51.